The van der Waals surface area contributed by atoms with E-state index >= 15 is 0 Å². The van der Waals surface area contributed by atoms with Gasteiger partial charge in [-0.3, -0.25) is 0 Å². The summed E-state index contributed by atoms with van der Waals surface area (Å²) in [6.07, 6.45) is 1.11. The van der Waals surface area contributed by atoms with Crippen LogP contribution in [-0.2, 0) is 32.5 Å². The first-order valence-electron chi connectivity index (χ1n) is 7.37. The van der Waals surface area contributed by atoms with Crippen LogP contribution in [-0.4, -0.2) is 12.6 Å². The van der Waals surface area contributed by atoms with Crippen molar-refractivity contribution >= 4 is 5.97 Å². The van der Waals surface area contributed by atoms with Crippen molar-refractivity contribution in [2.45, 2.75) is 13.2 Å². The van der Waals surface area contributed by atoms with Crippen LogP contribution in [0.1, 0.15) is 11.1 Å². The SMILES string of the molecule is N#CC(=CC(=O)OCc1ccccc1)COOCc1ccccc1. The molecule has 0 heterocycles. The number of nitrogens with zero attached hydrogens (tertiary/aromatic N) is 1. The van der Waals surface area contributed by atoms with E-state index in [2.05, 4.69) is 0 Å². The summed E-state index contributed by atoms with van der Waals surface area (Å²) in [7, 11) is 0. The van der Waals surface area contributed by atoms with Crippen LogP contribution in [0.15, 0.2) is 72.3 Å². The molecule has 0 atom stereocenters. The number of nitriles is 1. The summed E-state index contributed by atoms with van der Waals surface area (Å²) in [6.45, 7) is 0.294. The first-order chi connectivity index (χ1) is 11.8. The molecule has 0 fully saturated rings. The zero-order valence-corrected chi connectivity index (χ0v) is 13.1. The van der Waals surface area contributed by atoms with E-state index in [-0.39, 0.29) is 25.4 Å². The molecule has 24 heavy (non-hydrogen) atoms. The Labute approximate surface area is 140 Å². The van der Waals surface area contributed by atoms with Crippen LogP contribution in [0.4, 0.5) is 0 Å². The minimum absolute atomic E-state index is 0.121. The molecular weight excluding hydrogens is 306 g/mol. The summed E-state index contributed by atoms with van der Waals surface area (Å²) < 4.78 is 5.07. The highest BCUT2D eigenvalue weighted by Gasteiger charge is 2.04. The van der Waals surface area contributed by atoms with Gasteiger partial charge in [-0.2, -0.15) is 5.26 Å². The summed E-state index contributed by atoms with van der Waals surface area (Å²) in [5.41, 5.74) is 1.95. The Balaban J connectivity index is 1.72. The number of ether oxygens (including phenoxy) is 1. The van der Waals surface area contributed by atoms with Crippen LogP contribution in [0.5, 0.6) is 0 Å². The topological polar surface area (TPSA) is 68.6 Å². The van der Waals surface area contributed by atoms with Crippen molar-refractivity contribution in [2.24, 2.45) is 0 Å². The van der Waals surface area contributed by atoms with E-state index in [4.69, 9.17) is 19.8 Å². The van der Waals surface area contributed by atoms with E-state index in [9.17, 15) is 4.79 Å². The Morgan fingerprint density at radius 2 is 1.50 bits per heavy atom. The van der Waals surface area contributed by atoms with Crippen molar-refractivity contribution in [2.75, 3.05) is 6.61 Å². The zero-order valence-electron chi connectivity index (χ0n) is 13.1. The van der Waals surface area contributed by atoms with E-state index in [1.165, 1.54) is 0 Å². The molecule has 2 aromatic rings. The maximum atomic E-state index is 11.7. The number of carbonyl (C=O) groups excluding carboxylic acids is 1. The highest BCUT2D eigenvalue weighted by molar-refractivity contribution is 5.83. The Bertz CT molecular complexity index is 705. The second-order valence-electron chi connectivity index (χ2n) is 4.88. The van der Waals surface area contributed by atoms with Crippen LogP contribution < -0.4 is 0 Å². The van der Waals surface area contributed by atoms with Crippen molar-refractivity contribution in [1.29, 1.82) is 5.26 Å². The van der Waals surface area contributed by atoms with Crippen LogP contribution in [0, 0.1) is 11.3 Å². The molecule has 5 heteroatoms. The number of rotatable bonds is 8. The van der Waals surface area contributed by atoms with Crippen molar-refractivity contribution in [3.8, 4) is 6.07 Å². The van der Waals surface area contributed by atoms with Crippen LogP contribution in [0.2, 0.25) is 0 Å². The van der Waals surface area contributed by atoms with Gasteiger partial charge in [0, 0.05) is 6.08 Å². The van der Waals surface area contributed by atoms with E-state index < -0.39 is 5.97 Å². The van der Waals surface area contributed by atoms with Gasteiger partial charge in [-0.05, 0) is 11.1 Å². The second kappa shape index (κ2) is 9.95. The summed E-state index contributed by atoms with van der Waals surface area (Å²) in [6, 6.07) is 20.7. The molecule has 5 nitrogen and oxygen atoms in total. The maximum absolute atomic E-state index is 11.7. The number of hydrogen-bond acceptors (Lipinski definition) is 5. The Morgan fingerprint density at radius 1 is 0.917 bits per heavy atom. The number of esters is 1. The Hall–Kier alpha value is -2.94. The van der Waals surface area contributed by atoms with Crippen LogP contribution >= 0.6 is 0 Å². The third kappa shape index (κ3) is 6.44. The number of benzene rings is 2. The van der Waals surface area contributed by atoms with Gasteiger partial charge in [-0.15, -0.1) is 0 Å². The molecule has 0 spiro atoms. The fraction of sp³-hybridized carbons (Fsp3) is 0.158. The molecule has 0 aliphatic carbocycles. The van der Waals surface area contributed by atoms with E-state index in [1.54, 1.807) is 0 Å². The largest absolute Gasteiger partial charge is 0.458 e. The average Bonchev–Trinajstić information content (AvgIpc) is 2.64. The summed E-state index contributed by atoms with van der Waals surface area (Å²) in [5, 5.41) is 9.01. The smallest absolute Gasteiger partial charge is 0.332 e. The van der Waals surface area contributed by atoms with Gasteiger partial charge in [-0.25, -0.2) is 14.6 Å². The molecule has 0 N–H and O–H groups in total. The molecule has 122 valence electrons. The molecule has 2 aromatic carbocycles. The number of hydrogen-bond donors (Lipinski definition) is 0. The maximum Gasteiger partial charge on any atom is 0.332 e. The predicted octanol–water partition coefficient (Wildman–Crippen LogP) is 3.33. The van der Waals surface area contributed by atoms with Gasteiger partial charge in [0.1, 0.15) is 19.8 Å². The normalized spacial score (nSPS) is 10.9. The summed E-state index contributed by atoms with van der Waals surface area (Å²) in [4.78, 5) is 21.7. The van der Waals surface area contributed by atoms with E-state index in [1.807, 2.05) is 66.7 Å². The van der Waals surface area contributed by atoms with Gasteiger partial charge in [0.2, 0.25) is 0 Å². The minimum Gasteiger partial charge on any atom is -0.458 e. The fourth-order valence-electron chi connectivity index (χ4n) is 1.81. The van der Waals surface area contributed by atoms with Crippen molar-refractivity contribution < 1.29 is 19.3 Å². The van der Waals surface area contributed by atoms with Crippen molar-refractivity contribution in [3.05, 3.63) is 83.4 Å². The Kier molecular flexibility index (Phi) is 7.22. The lowest BCUT2D eigenvalue weighted by Gasteiger charge is -2.04. The highest BCUT2D eigenvalue weighted by atomic mass is 17.2. The lowest BCUT2D eigenvalue weighted by molar-refractivity contribution is -0.297. The highest BCUT2D eigenvalue weighted by Crippen LogP contribution is 2.04. The summed E-state index contributed by atoms with van der Waals surface area (Å²) in [5.74, 6) is -0.595. The third-order valence-corrected chi connectivity index (χ3v) is 3.03. The van der Waals surface area contributed by atoms with Gasteiger partial charge in [0.15, 0.2) is 0 Å². The standard InChI is InChI=1S/C19H17NO4/c20-12-18(15-24-23-14-17-9-5-2-6-10-17)11-19(21)22-13-16-7-3-1-4-8-16/h1-11H,13-15H2. The molecule has 0 amide bonds. The van der Waals surface area contributed by atoms with Gasteiger partial charge < -0.3 is 4.74 Å². The summed E-state index contributed by atoms with van der Waals surface area (Å²) >= 11 is 0. The lowest BCUT2D eigenvalue weighted by Crippen LogP contribution is -2.05. The number of carbonyl (C=O) groups is 1. The molecule has 0 unspecified atom stereocenters. The van der Waals surface area contributed by atoms with Gasteiger partial charge in [-0.1, -0.05) is 60.7 Å². The fourth-order valence-corrected chi connectivity index (χ4v) is 1.81. The first-order valence-corrected chi connectivity index (χ1v) is 7.37. The Morgan fingerprint density at radius 3 is 2.08 bits per heavy atom. The minimum atomic E-state index is -0.595. The molecule has 0 bridgehead atoms. The van der Waals surface area contributed by atoms with Crippen LogP contribution in [0.25, 0.3) is 0 Å². The molecular formula is C19H17NO4. The molecule has 0 radical (unpaired) electrons. The first kappa shape index (κ1) is 17.4. The molecule has 0 aromatic heterocycles. The predicted molar refractivity (Wildman–Crippen MR) is 87.1 cm³/mol. The van der Waals surface area contributed by atoms with Gasteiger partial charge >= 0.3 is 5.97 Å². The monoisotopic (exact) mass is 323 g/mol. The van der Waals surface area contributed by atoms with Crippen LogP contribution in [0.3, 0.4) is 0 Å². The van der Waals surface area contributed by atoms with Crippen molar-refractivity contribution in [3.63, 3.8) is 0 Å². The third-order valence-electron chi connectivity index (χ3n) is 3.03. The van der Waals surface area contributed by atoms with Crippen molar-refractivity contribution in [1.82, 2.24) is 0 Å². The van der Waals surface area contributed by atoms with E-state index in [0.717, 1.165) is 17.2 Å². The van der Waals surface area contributed by atoms with E-state index in [0.29, 0.717) is 0 Å². The molecule has 0 aliphatic heterocycles. The molecule has 0 saturated carbocycles. The molecule has 0 saturated heterocycles. The average molecular weight is 323 g/mol. The lowest BCUT2D eigenvalue weighted by atomic mass is 10.2. The molecule has 2 rings (SSSR count). The zero-order chi connectivity index (χ0) is 17.0. The quantitative estimate of drug-likeness (QED) is 0.186. The molecule has 0 aliphatic rings. The van der Waals surface area contributed by atoms with Gasteiger partial charge in [0.05, 0.1) is 11.6 Å². The second-order valence-corrected chi connectivity index (χ2v) is 4.88. The van der Waals surface area contributed by atoms with Gasteiger partial charge in [0.25, 0.3) is 0 Å².